The van der Waals surface area contributed by atoms with Crippen molar-refractivity contribution in [2.24, 2.45) is 0 Å². The van der Waals surface area contributed by atoms with Gasteiger partial charge in [0, 0.05) is 6.07 Å². The molecule has 4 heteroatoms. The van der Waals surface area contributed by atoms with Crippen molar-refractivity contribution < 1.29 is 9.15 Å². The van der Waals surface area contributed by atoms with Gasteiger partial charge in [0.15, 0.2) is 0 Å². The number of rotatable bonds is 3. The first kappa shape index (κ1) is 11.7. The molecule has 0 radical (unpaired) electrons. The third-order valence-corrected chi connectivity index (χ3v) is 2.45. The minimum absolute atomic E-state index is 0.0769. The maximum atomic E-state index is 11.7. The average molecular weight is 251 g/mol. The molecule has 1 aromatic carbocycles. The number of halogens is 1. The van der Waals surface area contributed by atoms with Gasteiger partial charge in [-0.25, -0.2) is 0 Å². The molecule has 2 aromatic rings. The summed E-state index contributed by atoms with van der Waals surface area (Å²) in [5, 5.41) is 0.522. The summed E-state index contributed by atoms with van der Waals surface area (Å²) in [6.45, 7) is 6.05. The molecule has 0 aliphatic rings. The van der Waals surface area contributed by atoms with Crippen LogP contribution in [0.4, 0.5) is 0 Å². The highest BCUT2D eigenvalue weighted by molar-refractivity contribution is 6.30. The lowest BCUT2D eigenvalue weighted by Gasteiger charge is -2.06. The van der Waals surface area contributed by atoms with E-state index >= 15 is 0 Å². The van der Waals surface area contributed by atoms with Crippen LogP contribution in [-0.4, -0.2) is 6.61 Å². The molecular formula is C13H11ClO3. The van der Waals surface area contributed by atoms with Crippen LogP contribution < -0.4 is 10.2 Å². The fourth-order valence-electron chi connectivity index (χ4n) is 1.38. The van der Waals surface area contributed by atoms with Gasteiger partial charge < -0.3 is 9.15 Å². The van der Waals surface area contributed by atoms with E-state index in [1.54, 1.807) is 18.2 Å². The second-order valence-electron chi connectivity index (χ2n) is 3.82. The lowest BCUT2D eigenvalue weighted by Crippen LogP contribution is -2.02. The highest BCUT2D eigenvalue weighted by atomic mass is 35.5. The van der Waals surface area contributed by atoms with Crippen molar-refractivity contribution in [3.8, 4) is 5.75 Å². The Labute approximate surface area is 103 Å². The molecule has 0 unspecified atom stereocenters. The van der Waals surface area contributed by atoms with Gasteiger partial charge in [-0.1, -0.05) is 18.2 Å². The first-order valence-electron chi connectivity index (χ1n) is 5.06. The molecule has 0 aliphatic carbocycles. The van der Waals surface area contributed by atoms with Crippen LogP contribution in [-0.2, 0) is 0 Å². The molecule has 3 nitrogen and oxygen atoms in total. The van der Waals surface area contributed by atoms with Crippen LogP contribution in [0.3, 0.4) is 0 Å². The monoisotopic (exact) mass is 250 g/mol. The van der Waals surface area contributed by atoms with Crippen LogP contribution >= 0.6 is 11.6 Å². The summed E-state index contributed by atoms with van der Waals surface area (Å²) in [7, 11) is 0. The van der Waals surface area contributed by atoms with E-state index in [-0.39, 0.29) is 10.5 Å². The van der Waals surface area contributed by atoms with Gasteiger partial charge in [-0.05, 0) is 24.6 Å². The Bertz CT molecular complexity index is 628. The van der Waals surface area contributed by atoms with E-state index in [0.717, 1.165) is 5.57 Å². The molecular weight excluding hydrogens is 240 g/mol. The van der Waals surface area contributed by atoms with Crippen molar-refractivity contribution in [3.05, 3.63) is 51.9 Å². The van der Waals surface area contributed by atoms with E-state index in [0.29, 0.717) is 23.3 Å². The highest BCUT2D eigenvalue weighted by Crippen LogP contribution is 2.20. The largest absolute Gasteiger partial charge is 0.489 e. The van der Waals surface area contributed by atoms with Gasteiger partial charge in [-0.3, -0.25) is 4.79 Å². The van der Waals surface area contributed by atoms with E-state index in [1.165, 1.54) is 6.26 Å². The Kier molecular flexibility index (Phi) is 3.20. The lowest BCUT2D eigenvalue weighted by molar-refractivity contribution is 0.352. The minimum atomic E-state index is -0.237. The Balaban J connectivity index is 2.42. The number of ether oxygens (including phenoxy) is 1. The zero-order valence-electron chi connectivity index (χ0n) is 9.33. The van der Waals surface area contributed by atoms with E-state index in [2.05, 4.69) is 6.58 Å². The summed E-state index contributed by atoms with van der Waals surface area (Å²) in [6, 6.07) is 5.01. The van der Waals surface area contributed by atoms with Gasteiger partial charge in [0.05, 0.1) is 5.39 Å². The number of benzene rings is 1. The fourth-order valence-corrected chi connectivity index (χ4v) is 1.53. The predicted octanol–water partition coefficient (Wildman–Crippen LogP) is 3.40. The molecule has 0 fully saturated rings. The first-order chi connectivity index (χ1) is 8.08. The number of hydrogen-bond donors (Lipinski definition) is 0. The van der Waals surface area contributed by atoms with Gasteiger partial charge in [-0.2, -0.15) is 0 Å². The number of fused-ring (bicyclic) bond motifs is 1. The van der Waals surface area contributed by atoms with Crippen molar-refractivity contribution in [3.63, 3.8) is 0 Å². The van der Waals surface area contributed by atoms with Gasteiger partial charge in [0.25, 0.3) is 0 Å². The van der Waals surface area contributed by atoms with Crippen LogP contribution in [0.5, 0.6) is 5.75 Å². The average Bonchev–Trinajstić information content (AvgIpc) is 2.31. The maximum absolute atomic E-state index is 11.7. The Morgan fingerprint density at radius 2 is 2.29 bits per heavy atom. The van der Waals surface area contributed by atoms with Crippen molar-refractivity contribution in [1.29, 1.82) is 0 Å². The van der Waals surface area contributed by atoms with E-state index in [4.69, 9.17) is 20.8 Å². The van der Waals surface area contributed by atoms with E-state index < -0.39 is 0 Å². The smallest absolute Gasteiger partial charge is 0.211 e. The molecule has 0 N–H and O–H groups in total. The van der Waals surface area contributed by atoms with Gasteiger partial charge in [-0.15, -0.1) is 0 Å². The standard InChI is InChI=1S/C13H11ClO3/c1-8(2)6-16-9-3-4-10-12(5-9)17-7-11(14)13(10)15/h3-5,7H,1,6H2,2H3. The molecule has 0 atom stereocenters. The number of hydrogen-bond acceptors (Lipinski definition) is 3. The molecule has 1 aromatic heterocycles. The predicted molar refractivity (Wildman–Crippen MR) is 67.8 cm³/mol. The van der Waals surface area contributed by atoms with Gasteiger partial charge in [0.1, 0.15) is 29.2 Å². The summed E-state index contributed by atoms with van der Waals surface area (Å²) in [5.41, 5.74) is 1.14. The van der Waals surface area contributed by atoms with Gasteiger partial charge >= 0.3 is 0 Å². The van der Waals surface area contributed by atoms with Crippen molar-refractivity contribution in [2.45, 2.75) is 6.92 Å². The van der Waals surface area contributed by atoms with E-state index in [9.17, 15) is 4.79 Å². The first-order valence-corrected chi connectivity index (χ1v) is 5.44. The highest BCUT2D eigenvalue weighted by Gasteiger charge is 2.06. The Morgan fingerprint density at radius 1 is 1.53 bits per heavy atom. The SMILES string of the molecule is C=C(C)COc1ccc2c(=O)c(Cl)coc2c1. The minimum Gasteiger partial charge on any atom is -0.489 e. The third kappa shape index (κ3) is 2.50. The molecule has 88 valence electrons. The quantitative estimate of drug-likeness (QED) is 0.784. The molecule has 2 rings (SSSR count). The lowest BCUT2D eigenvalue weighted by atomic mass is 10.2. The van der Waals surface area contributed by atoms with Crippen molar-refractivity contribution in [1.82, 2.24) is 0 Å². The van der Waals surface area contributed by atoms with E-state index in [1.807, 2.05) is 6.92 Å². The summed E-state index contributed by atoms with van der Waals surface area (Å²) >= 11 is 5.68. The second-order valence-corrected chi connectivity index (χ2v) is 4.22. The van der Waals surface area contributed by atoms with Gasteiger partial charge in [0.2, 0.25) is 5.43 Å². The van der Waals surface area contributed by atoms with Crippen molar-refractivity contribution in [2.75, 3.05) is 6.61 Å². The summed E-state index contributed by atoms with van der Waals surface area (Å²) in [5.74, 6) is 0.631. The van der Waals surface area contributed by atoms with Crippen LogP contribution in [0.1, 0.15) is 6.92 Å². The topological polar surface area (TPSA) is 39.4 Å². The maximum Gasteiger partial charge on any atom is 0.211 e. The van der Waals surface area contributed by atoms with Crippen LogP contribution in [0.15, 0.2) is 45.8 Å². The van der Waals surface area contributed by atoms with Crippen LogP contribution in [0.25, 0.3) is 11.0 Å². The Morgan fingerprint density at radius 3 is 3.00 bits per heavy atom. The summed E-state index contributed by atoms with van der Waals surface area (Å²) < 4.78 is 10.7. The fraction of sp³-hybridized carbons (Fsp3) is 0.154. The van der Waals surface area contributed by atoms with Crippen molar-refractivity contribution >= 4 is 22.6 Å². The molecule has 0 saturated heterocycles. The zero-order chi connectivity index (χ0) is 12.4. The summed E-state index contributed by atoms with van der Waals surface area (Å²) in [4.78, 5) is 11.7. The molecule has 0 aliphatic heterocycles. The molecule has 0 bridgehead atoms. The second kappa shape index (κ2) is 4.63. The molecule has 0 saturated carbocycles. The molecule has 1 heterocycles. The summed E-state index contributed by atoms with van der Waals surface area (Å²) in [6.07, 6.45) is 1.23. The molecule has 17 heavy (non-hydrogen) atoms. The Hall–Kier alpha value is -1.74. The van der Waals surface area contributed by atoms with Crippen LogP contribution in [0.2, 0.25) is 5.02 Å². The third-order valence-electron chi connectivity index (χ3n) is 2.19. The molecule has 0 amide bonds. The van der Waals surface area contributed by atoms with Crippen LogP contribution in [0, 0.1) is 0 Å². The normalized spacial score (nSPS) is 10.5. The zero-order valence-corrected chi connectivity index (χ0v) is 10.1. The molecule has 0 spiro atoms.